The molecular weight excluding hydrogens is 484 g/mol. The Morgan fingerprint density at radius 3 is 2.81 bits per heavy atom. The van der Waals surface area contributed by atoms with Crippen LogP contribution in [0, 0.1) is 0 Å². The molecule has 4 N–H and O–H groups in total. The van der Waals surface area contributed by atoms with Gasteiger partial charge in [-0.25, -0.2) is 9.59 Å². The lowest BCUT2D eigenvalue weighted by molar-refractivity contribution is -0.171. The fraction of sp³-hybridized carbons (Fsp3) is 0.577. The van der Waals surface area contributed by atoms with Gasteiger partial charge in [-0.05, 0) is 57.0 Å². The normalized spacial score (nSPS) is 34.3. The van der Waals surface area contributed by atoms with Crippen molar-refractivity contribution in [3.05, 3.63) is 35.1 Å². The van der Waals surface area contributed by atoms with E-state index in [9.17, 15) is 29.7 Å². The number of amides is 1. The number of carboxylic acids is 1. The number of likely N-dealkylation sites (N-methyl/N-ethyl adjacent to an activating group) is 1. The van der Waals surface area contributed by atoms with Crippen LogP contribution in [0.1, 0.15) is 43.2 Å². The molecule has 2 aliphatic carbocycles. The largest absolute Gasteiger partial charge is 0.504 e. The molecule has 1 spiro atoms. The second-order valence-corrected chi connectivity index (χ2v) is 10.8. The fourth-order valence-electron chi connectivity index (χ4n) is 7.30. The predicted molar refractivity (Wildman–Crippen MR) is 126 cm³/mol. The topological polar surface area (TPSA) is 157 Å². The van der Waals surface area contributed by atoms with Crippen LogP contribution >= 0.6 is 0 Å². The second-order valence-electron chi connectivity index (χ2n) is 10.8. The molecule has 0 radical (unpaired) electrons. The van der Waals surface area contributed by atoms with Crippen molar-refractivity contribution in [2.45, 2.75) is 73.8 Å². The highest BCUT2D eigenvalue weighted by molar-refractivity contribution is 5.88. The van der Waals surface area contributed by atoms with E-state index in [2.05, 4.69) is 4.90 Å². The van der Waals surface area contributed by atoms with Crippen molar-refractivity contribution in [3.63, 3.8) is 0 Å². The fourth-order valence-corrected chi connectivity index (χ4v) is 7.30. The Kier molecular flexibility index (Phi) is 5.35. The Morgan fingerprint density at radius 1 is 1.27 bits per heavy atom. The van der Waals surface area contributed by atoms with E-state index in [1.165, 1.54) is 4.90 Å². The quantitative estimate of drug-likeness (QED) is 0.396. The van der Waals surface area contributed by atoms with Gasteiger partial charge in [0.15, 0.2) is 23.7 Å². The molecule has 198 valence electrons. The van der Waals surface area contributed by atoms with Gasteiger partial charge in [0.25, 0.3) is 0 Å². The zero-order valence-electron chi connectivity index (χ0n) is 20.4. The molecule has 6 rings (SSSR count). The lowest BCUT2D eigenvalue weighted by atomic mass is 9.50. The molecular formula is C26H30N2O9. The third-order valence-corrected chi connectivity index (χ3v) is 9.07. The van der Waals surface area contributed by atoms with E-state index in [0.29, 0.717) is 38.0 Å². The highest BCUT2D eigenvalue weighted by Crippen LogP contribution is 2.65. The van der Waals surface area contributed by atoms with E-state index in [1.54, 1.807) is 12.1 Å². The number of carbonyl (C=O) groups excluding carboxylic acids is 2. The number of piperidine rings is 1. The summed E-state index contributed by atoms with van der Waals surface area (Å²) < 4.78 is 12.2. The van der Waals surface area contributed by atoms with Gasteiger partial charge >= 0.3 is 11.9 Å². The van der Waals surface area contributed by atoms with Crippen LogP contribution in [-0.4, -0.2) is 98.1 Å². The van der Waals surface area contributed by atoms with E-state index in [-0.39, 0.29) is 30.5 Å². The third-order valence-electron chi connectivity index (χ3n) is 9.07. The van der Waals surface area contributed by atoms with Crippen molar-refractivity contribution >= 4 is 17.8 Å². The van der Waals surface area contributed by atoms with Crippen molar-refractivity contribution in [1.29, 1.82) is 0 Å². The van der Waals surface area contributed by atoms with Gasteiger partial charge in [-0.15, -0.1) is 0 Å². The minimum absolute atomic E-state index is 0.0301. The summed E-state index contributed by atoms with van der Waals surface area (Å²) >= 11 is 0. The van der Waals surface area contributed by atoms with Gasteiger partial charge in [-0.1, -0.05) is 6.07 Å². The molecule has 3 heterocycles. The summed E-state index contributed by atoms with van der Waals surface area (Å²) in [6.45, 7) is 0.948. The Bertz CT molecular complexity index is 1230. The average Bonchev–Trinajstić information content (AvgIpc) is 3.48. The number of ether oxygens (including phenoxy) is 2. The Hall–Kier alpha value is -3.15. The smallest absolute Gasteiger partial charge is 0.334 e. The number of aromatic hydroxyl groups is 1. The van der Waals surface area contributed by atoms with E-state index >= 15 is 0 Å². The molecule has 6 atom stereocenters. The van der Waals surface area contributed by atoms with Crippen molar-refractivity contribution in [1.82, 2.24) is 9.80 Å². The summed E-state index contributed by atoms with van der Waals surface area (Å²) in [5, 5.41) is 41.3. The number of aliphatic hydroxyl groups excluding tert-OH is 1. The Labute approximate surface area is 212 Å². The summed E-state index contributed by atoms with van der Waals surface area (Å²) in [6, 6.07) is 2.36. The van der Waals surface area contributed by atoms with Crippen LogP contribution in [-0.2, 0) is 31.0 Å². The molecule has 11 heteroatoms. The SMILES string of the molecule is CN1CC[C@]23c4c5ccc(O)c4O[C@H]2C(OC(=O)[C@@H]2CCCN2C(=O)C[C@H](O)C(=O)O)=CC[C@@]3(O)[C@H]1C5. The van der Waals surface area contributed by atoms with E-state index in [1.807, 2.05) is 13.1 Å². The molecule has 0 saturated carbocycles. The highest BCUT2D eigenvalue weighted by Gasteiger charge is 2.72. The number of carboxylic acid groups (broad SMARTS) is 1. The maximum Gasteiger partial charge on any atom is 0.334 e. The summed E-state index contributed by atoms with van der Waals surface area (Å²) in [6.07, 6.45) is 0.640. The van der Waals surface area contributed by atoms with Crippen molar-refractivity contribution in [3.8, 4) is 11.5 Å². The van der Waals surface area contributed by atoms with Crippen LogP contribution in [0.3, 0.4) is 0 Å². The molecule has 2 bridgehead atoms. The maximum absolute atomic E-state index is 13.3. The number of likely N-dealkylation sites (tertiary alicyclic amines) is 2. The van der Waals surface area contributed by atoms with E-state index in [0.717, 1.165) is 11.1 Å². The van der Waals surface area contributed by atoms with Gasteiger partial charge < -0.3 is 39.7 Å². The number of hydrogen-bond donors (Lipinski definition) is 4. The summed E-state index contributed by atoms with van der Waals surface area (Å²) in [5.74, 6) is -2.29. The number of phenols is 1. The number of aliphatic hydroxyl groups is 2. The van der Waals surface area contributed by atoms with E-state index in [4.69, 9.17) is 14.6 Å². The predicted octanol–water partition coefficient (Wildman–Crippen LogP) is 0.0397. The first-order valence-corrected chi connectivity index (χ1v) is 12.6. The lowest BCUT2D eigenvalue weighted by Crippen LogP contribution is -2.74. The van der Waals surface area contributed by atoms with Crippen molar-refractivity contribution in [2.75, 3.05) is 20.1 Å². The number of esters is 1. The first kappa shape index (κ1) is 24.2. The van der Waals surface area contributed by atoms with Gasteiger partial charge in [0, 0.05) is 24.6 Å². The first-order valence-electron chi connectivity index (χ1n) is 12.6. The first-order chi connectivity index (χ1) is 17.6. The van der Waals surface area contributed by atoms with Crippen molar-refractivity contribution in [2.24, 2.45) is 0 Å². The molecule has 37 heavy (non-hydrogen) atoms. The summed E-state index contributed by atoms with van der Waals surface area (Å²) in [4.78, 5) is 40.3. The third kappa shape index (κ3) is 3.20. The van der Waals surface area contributed by atoms with Crippen LogP contribution in [0.25, 0.3) is 0 Å². The number of rotatable bonds is 5. The van der Waals surface area contributed by atoms with Crippen LogP contribution in [0.4, 0.5) is 0 Å². The zero-order chi connectivity index (χ0) is 26.3. The van der Waals surface area contributed by atoms with Gasteiger partial charge in [0.05, 0.1) is 17.4 Å². The second kappa shape index (κ2) is 8.17. The number of benzene rings is 1. The minimum Gasteiger partial charge on any atom is -0.504 e. The zero-order valence-corrected chi connectivity index (χ0v) is 20.4. The molecule has 0 aromatic heterocycles. The minimum atomic E-state index is -1.85. The number of phenolic OH excluding ortho intramolecular Hbond substituents is 1. The van der Waals surface area contributed by atoms with Gasteiger partial charge in [0.2, 0.25) is 5.91 Å². The number of hydrogen-bond acceptors (Lipinski definition) is 9. The van der Waals surface area contributed by atoms with Crippen LogP contribution in [0.15, 0.2) is 24.0 Å². The number of carbonyl (C=O) groups is 3. The molecule has 5 aliphatic rings. The summed E-state index contributed by atoms with van der Waals surface area (Å²) in [5.41, 5.74) is -0.304. The standard InChI is InChI=1S/C26H30N2O9/c1-27-10-8-25-20-13-4-5-15(29)21(20)37-22(25)17(6-7-26(25,35)18(27)11-13)36-24(34)14-3-2-9-28(14)19(31)12-16(30)23(32)33/h4-6,14,16,18,22,29-30,35H,2-3,7-12H2,1H3,(H,32,33)/t14-,16-,18+,22-,25-,26+/m0/s1. The van der Waals surface area contributed by atoms with Crippen LogP contribution in [0.5, 0.6) is 11.5 Å². The number of aliphatic carboxylic acids is 1. The molecule has 2 fully saturated rings. The monoisotopic (exact) mass is 514 g/mol. The molecule has 0 unspecified atom stereocenters. The van der Waals surface area contributed by atoms with Gasteiger partial charge in [-0.2, -0.15) is 0 Å². The molecule has 1 aromatic carbocycles. The van der Waals surface area contributed by atoms with Crippen molar-refractivity contribution < 1.29 is 44.3 Å². The molecule has 2 saturated heterocycles. The molecule has 1 amide bonds. The number of nitrogens with zero attached hydrogens (tertiary/aromatic N) is 2. The highest BCUT2D eigenvalue weighted by atomic mass is 16.6. The lowest BCUT2D eigenvalue weighted by Gasteiger charge is -2.61. The summed E-state index contributed by atoms with van der Waals surface area (Å²) in [7, 11) is 1.98. The molecule has 1 aromatic rings. The van der Waals surface area contributed by atoms with Gasteiger partial charge in [-0.3, -0.25) is 4.79 Å². The van der Waals surface area contributed by atoms with Gasteiger partial charge in [0.1, 0.15) is 11.8 Å². The Morgan fingerprint density at radius 2 is 2.05 bits per heavy atom. The van der Waals surface area contributed by atoms with Crippen LogP contribution < -0.4 is 4.74 Å². The van der Waals surface area contributed by atoms with E-state index < -0.39 is 53.5 Å². The maximum atomic E-state index is 13.3. The average molecular weight is 515 g/mol. The Balaban J connectivity index is 1.31. The molecule has 3 aliphatic heterocycles. The molecule has 11 nitrogen and oxygen atoms in total. The van der Waals surface area contributed by atoms with Crippen LogP contribution in [0.2, 0.25) is 0 Å².